The van der Waals surface area contributed by atoms with Gasteiger partial charge in [-0.25, -0.2) is 0 Å². The normalized spacial score (nSPS) is 15.9. The molecule has 2 aliphatic heterocycles. The number of methoxy groups -OCH3 is 1. The molecule has 3 rings (SSSR count). The van der Waals surface area contributed by atoms with E-state index < -0.39 is 29.7 Å². The number of hydrogen-bond donors (Lipinski definition) is 2. The highest BCUT2D eigenvalue weighted by Crippen LogP contribution is 2.32. The molecule has 1 fully saturated rings. The first-order valence-corrected chi connectivity index (χ1v) is 17.1. The number of anilines is 1. The van der Waals surface area contributed by atoms with Gasteiger partial charge in [-0.05, 0) is 31.4 Å². The highest BCUT2D eigenvalue weighted by atomic mass is 16.6. The quantitative estimate of drug-likeness (QED) is 0.0898. The van der Waals surface area contributed by atoms with Crippen LogP contribution in [0, 0.1) is 0 Å². The number of nitrogens with one attached hydrogen (secondary N) is 2. The van der Waals surface area contributed by atoms with Crippen LogP contribution in [-0.4, -0.2) is 147 Å². The molecule has 0 aliphatic carbocycles. The fourth-order valence-corrected chi connectivity index (χ4v) is 5.06. The van der Waals surface area contributed by atoms with Crippen LogP contribution in [0.3, 0.4) is 0 Å². The van der Waals surface area contributed by atoms with Crippen LogP contribution in [0.5, 0.6) is 0 Å². The minimum Gasteiger partial charge on any atom is -0.382 e. The summed E-state index contributed by atoms with van der Waals surface area (Å²) in [5.41, 5.74) is 0.390. The van der Waals surface area contributed by atoms with Crippen molar-refractivity contribution in [1.82, 2.24) is 10.2 Å². The maximum Gasteiger partial charge on any atom is 0.264 e. The Labute approximate surface area is 292 Å². The first-order valence-electron chi connectivity index (χ1n) is 17.1. The number of fused-ring (bicyclic) bond motifs is 1. The van der Waals surface area contributed by atoms with Crippen LogP contribution in [0.2, 0.25) is 0 Å². The molecule has 16 heteroatoms. The fraction of sp³-hybridized carbons (Fsp3) is 0.676. The molecule has 1 unspecified atom stereocenters. The summed E-state index contributed by atoms with van der Waals surface area (Å²) in [6.45, 7) is 7.51. The van der Waals surface area contributed by atoms with Gasteiger partial charge in [-0.2, -0.15) is 0 Å². The van der Waals surface area contributed by atoms with E-state index >= 15 is 0 Å². The van der Waals surface area contributed by atoms with Gasteiger partial charge < -0.3 is 43.2 Å². The lowest BCUT2D eigenvalue weighted by molar-refractivity contribution is -0.136. The molecular formula is C34H51N3O13. The second-order valence-electron chi connectivity index (χ2n) is 11.3. The number of nitrogens with zero attached hydrogens (tertiary/aromatic N) is 1. The van der Waals surface area contributed by atoms with Gasteiger partial charge in [0, 0.05) is 26.6 Å². The minimum absolute atomic E-state index is 0.0311. The Morgan fingerprint density at radius 2 is 1.22 bits per heavy atom. The molecule has 0 spiro atoms. The van der Waals surface area contributed by atoms with Gasteiger partial charge in [0.05, 0.1) is 109 Å². The lowest BCUT2D eigenvalue weighted by Gasteiger charge is -2.27. The van der Waals surface area contributed by atoms with Crippen LogP contribution in [0.25, 0.3) is 0 Å². The number of rotatable bonds is 29. The second kappa shape index (κ2) is 24.7. The van der Waals surface area contributed by atoms with Crippen molar-refractivity contribution in [3.05, 3.63) is 29.3 Å². The van der Waals surface area contributed by atoms with Crippen LogP contribution in [0.15, 0.2) is 18.2 Å². The standard InChI is InChI=1S/C34H51N3O13/c1-43-12-13-45-16-17-47-20-21-49-24-25-50-23-22-48-19-18-46-15-14-44-11-4-2-3-8-29(38)35-27-7-5-6-26-31(27)34(42)37(33(26)41)28-9-10-30(39)36-32(28)40/h5-7,28H,2-4,8-25H2,1H3,(H,35,38)(H,36,39,40). The highest BCUT2D eigenvalue weighted by molar-refractivity contribution is 6.26. The Morgan fingerprint density at radius 3 is 1.74 bits per heavy atom. The van der Waals surface area contributed by atoms with E-state index in [2.05, 4.69) is 10.6 Å². The van der Waals surface area contributed by atoms with Gasteiger partial charge in [0.15, 0.2) is 0 Å². The first-order chi connectivity index (χ1) is 24.4. The fourth-order valence-electron chi connectivity index (χ4n) is 5.06. The third-order valence-corrected chi connectivity index (χ3v) is 7.60. The largest absolute Gasteiger partial charge is 0.382 e. The van der Waals surface area contributed by atoms with Gasteiger partial charge in [0.25, 0.3) is 11.8 Å². The van der Waals surface area contributed by atoms with Crippen LogP contribution in [0.4, 0.5) is 5.69 Å². The predicted molar refractivity (Wildman–Crippen MR) is 178 cm³/mol. The van der Waals surface area contributed by atoms with Crippen molar-refractivity contribution in [2.24, 2.45) is 0 Å². The van der Waals surface area contributed by atoms with Gasteiger partial charge in [0.1, 0.15) is 6.04 Å². The van der Waals surface area contributed by atoms with Crippen LogP contribution < -0.4 is 10.6 Å². The summed E-state index contributed by atoms with van der Waals surface area (Å²) in [5.74, 6) is -2.70. The van der Waals surface area contributed by atoms with Crippen molar-refractivity contribution in [1.29, 1.82) is 0 Å². The summed E-state index contributed by atoms with van der Waals surface area (Å²) in [7, 11) is 1.63. The molecule has 2 aliphatic rings. The monoisotopic (exact) mass is 709 g/mol. The zero-order chi connectivity index (χ0) is 35.8. The number of amides is 5. The molecule has 2 heterocycles. The molecule has 1 aromatic carbocycles. The Hall–Kier alpha value is -3.35. The third kappa shape index (κ3) is 14.9. The molecule has 0 saturated carbocycles. The maximum absolute atomic E-state index is 13.2. The van der Waals surface area contributed by atoms with E-state index in [9.17, 15) is 24.0 Å². The smallest absolute Gasteiger partial charge is 0.264 e. The summed E-state index contributed by atoms with van der Waals surface area (Å²) in [4.78, 5) is 63.4. The molecule has 280 valence electrons. The van der Waals surface area contributed by atoms with Crippen molar-refractivity contribution in [3.8, 4) is 0 Å². The zero-order valence-corrected chi connectivity index (χ0v) is 28.9. The molecule has 1 saturated heterocycles. The molecule has 1 aromatic rings. The van der Waals surface area contributed by atoms with Crippen LogP contribution in [-0.2, 0) is 52.3 Å². The van der Waals surface area contributed by atoms with Crippen molar-refractivity contribution in [3.63, 3.8) is 0 Å². The van der Waals surface area contributed by atoms with E-state index in [0.717, 1.165) is 17.7 Å². The number of unbranched alkanes of at least 4 members (excludes halogenated alkanes) is 2. The summed E-state index contributed by atoms with van der Waals surface area (Å²) in [6, 6.07) is 3.54. The summed E-state index contributed by atoms with van der Waals surface area (Å²) in [6.07, 6.45) is 2.48. The molecule has 0 aromatic heterocycles. The molecule has 5 amide bonds. The van der Waals surface area contributed by atoms with E-state index in [4.69, 9.17) is 37.9 Å². The van der Waals surface area contributed by atoms with Gasteiger partial charge in [-0.3, -0.25) is 34.2 Å². The summed E-state index contributed by atoms with van der Waals surface area (Å²) >= 11 is 0. The SMILES string of the molecule is COCCOCCOCCOCCOCCOCCOCCOCCCCCC(=O)Nc1cccc2c1C(=O)N(C1CCC(=O)NC1=O)C2=O. The van der Waals surface area contributed by atoms with Crippen LogP contribution in [0.1, 0.15) is 59.2 Å². The molecule has 50 heavy (non-hydrogen) atoms. The minimum atomic E-state index is -1.07. The number of carbonyl (C=O) groups is 5. The van der Waals surface area contributed by atoms with Crippen molar-refractivity contribution < 1.29 is 61.9 Å². The topological polar surface area (TPSA) is 186 Å². The number of hydrogen-bond acceptors (Lipinski definition) is 13. The number of carbonyl (C=O) groups excluding carboxylic acids is 5. The van der Waals surface area contributed by atoms with E-state index in [1.165, 1.54) is 6.07 Å². The molecule has 0 radical (unpaired) electrons. The summed E-state index contributed by atoms with van der Waals surface area (Å²) < 4.78 is 43.0. The van der Waals surface area contributed by atoms with E-state index in [0.29, 0.717) is 106 Å². The lowest BCUT2D eigenvalue weighted by Crippen LogP contribution is -2.54. The molecule has 1 atom stereocenters. The van der Waals surface area contributed by atoms with E-state index in [1.807, 2.05) is 0 Å². The number of benzene rings is 1. The first kappa shape index (κ1) is 41.1. The van der Waals surface area contributed by atoms with E-state index in [-0.39, 0.29) is 42.0 Å². The third-order valence-electron chi connectivity index (χ3n) is 7.60. The van der Waals surface area contributed by atoms with Gasteiger partial charge in [-0.15, -0.1) is 0 Å². The van der Waals surface area contributed by atoms with Crippen molar-refractivity contribution >= 4 is 35.2 Å². The number of ether oxygens (including phenoxy) is 8. The van der Waals surface area contributed by atoms with E-state index in [1.54, 1.807) is 19.2 Å². The van der Waals surface area contributed by atoms with Gasteiger partial charge in [0.2, 0.25) is 17.7 Å². The Kier molecular flexibility index (Phi) is 20.3. The maximum atomic E-state index is 13.2. The van der Waals surface area contributed by atoms with Gasteiger partial charge in [-0.1, -0.05) is 12.5 Å². The molecule has 0 bridgehead atoms. The Balaban J connectivity index is 1.10. The lowest BCUT2D eigenvalue weighted by atomic mass is 10.0. The molecule has 16 nitrogen and oxygen atoms in total. The van der Waals surface area contributed by atoms with Crippen molar-refractivity contribution in [2.45, 2.75) is 44.6 Å². The molecular weight excluding hydrogens is 658 g/mol. The number of piperidine rings is 1. The number of imide groups is 2. The van der Waals surface area contributed by atoms with Gasteiger partial charge >= 0.3 is 0 Å². The Morgan fingerprint density at radius 1 is 0.700 bits per heavy atom. The highest BCUT2D eigenvalue weighted by Gasteiger charge is 2.45. The predicted octanol–water partition coefficient (Wildman–Crippen LogP) is 1.35. The average molecular weight is 710 g/mol. The zero-order valence-electron chi connectivity index (χ0n) is 28.9. The molecule has 2 N–H and O–H groups in total. The van der Waals surface area contributed by atoms with Crippen molar-refractivity contribution in [2.75, 3.05) is 112 Å². The average Bonchev–Trinajstić information content (AvgIpc) is 3.35. The summed E-state index contributed by atoms with van der Waals surface area (Å²) in [5, 5.41) is 4.90. The van der Waals surface area contributed by atoms with Crippen LogP contribution >= 0.6 is 0 Å². The Bertz CT molecular complexity index is 1210. The second-order valence-corrected chi connectivity index (χ2v) is 11.3.